The number of carbonyl (C=O) groups excluding carboxylic acids is 1. The Morgan fingerprint density at radius 3 is 2.78 bits per heavy atom. The van der Waals surface area contributed by atoms with Crippen molar-refractivity contribution in [2.75, 3.05) is 46.8 Å². The Kier molecular flexibility index (Phi) is 5.24. The molecule has 1 aromatic rings. The minimum absolute atomic E-state index is 0.116. The van der Waals surface area contributed by atoms with Gasteiger partial charge in [0.2, 0.25) is 0 Å². The Morgan fingerprint density at radius 1 is 1.35 bits per heavy atom. The molecule has 3 rings (SSSR count). The van der Waals surface area contributed by atoms with Gasteiger partial charge in [-0.1, -0.05) is 0 Å². The van der Waals surface area contributed by atoms with Crippen LogP contribution in [0.15, 0.2) is 16.8 Å². The monoisotopic (exact) mass is 337 g/mol. The van der Waals surface area contributed by atoms with Crippen molar-refractivity contribution >= 4 is 17.4 Å². The van der Waals surface area contributed by atoms with Crippen LogP contribution in [0, 0.1) is 0 Å². The van der Waals surface area contributed by atoms with Crippen LogP contribution < -0.4 is 0 Å². The number of carbonyl (C=O) groups is 1. The number of amides is 1. The van der Waals surface area contributed by atoms with Crippen molar-refractivity contribution in [3.05, 3.63) is 22.4 Å². The number of nitrogens with zero attached hydrogens (tertiary/aromatic N) is 3. The van der Waals surface area contributed by atoms with Gasteiger partial charge in [-0.2, -0.15) is 11.3 Å². The maximum absolute atomic E-state index is 12.1. The van der Waals surface area contributed by atoms with Crippen LogP contribution in [-0.2, 0) is 11.3 Å². The van der Waals surface area contributed by atoms with E-state index in [1.54, 1.807) is 11.3 Å². The lowest BCUT2D eigenvalue weighted by molar-refractivity contribution is -0.00121. The number of ether oxygens (including phenoxy) is 1. The molecule has 0 aromatic carbocycles. The summed E-state index contributed by atoms with van der Waals surface area (Å²) in [6, 6.07) is 2.19. The summed E-state index contributed by atoms with van der Waals surface area (Å²) in [6.07, 6.45) is 2.79. The van der Waals surface area contributed by atoms with Crippen LogP contribution in [0.5, 0.6) is 0 Å². The molecule has 1 aromatic heterocycles. The van der Waals surface area contributed by atoms with Gasteiger partial charge in [0.15, 0.2) is 0 Å². The zero-order valence-electron chi connectivity index (χ0n) is 14.2. The van der Waals surface area contributed by atoms with E-state index in [0.29, 0.717) is 0 Å². The zero-order valence-corrected chi connectivity index (χ0v) is 15.0. The molecule has 0 unspecified atom stereocenters. The lowest BCUT2D eigenvalue weighted by Crippen LogP contribution is -2.46. The number of hydrogen-bond donors (Lipinski definition) is 0. The van der Waals surface area contributed by atoms with E-state index in [2.05, 4.69) is 40.7 Å². The van der Waals surface area contributed by atoms with Crippen LogP contribution >= 0.6 is 11.3 Å². The van der Waals surface area contributed by atoms with E-state index >= 15 is 0 Å². The fourth-order valence-corrected chi connectivity index (χ4v) is 4.12. The SMILES string of the molecule is CN(C)CCCN1CC2(CCN(Cc3ccsc3)CC2)OC1=O. The highest BCUT2D eigenvalue weighted by Crippen LogP contribution is 2.33. The third kappa shape index (κ3) is 4.25. The Morgan fingerprint density at radius 2 is 2.13 bits per heavy atom. The van der Waals surface area contributed by atoms with Crippen LogP contribution in [0.1, 0.15) is 24.8 Å². The van der Waals surface area contributed by atoms with Crippen LogP contribution in [0.4, 0.5) is 4.79 Å². The highest BCUT2D eigenvalue weighted by Gasteiger charge is 2.46. The van der Waals surface area contributed by atoms with Gasteiger partial charge in [-0.05, 0) is 49.5 Å². The summed E-state index contributed by atoms with van der Waals surface area (Å²) in [5.74, 6) is 0. The van der Waals surface area contributed by atoms with Gasteiger partial charge in [0.1, 0.15) is 5.60 Å². The van der Waals surface area contributed by atoms with Crippen molar-refractivity contribution in [3.63, 3.8) is 0 Å². The second kappa shape index (κ2) is 7.20. The predicted octanol–water partition coefficient (Wildman–Crippen LogP) is 2.49. The summed E-state index contributed by atoms with van der Waals surface area (Å²) >= 11 is 1.75. The predicted molar refractivity (Wildman–Crippen MR) is 92.8 cm³/mol. The molecule has 23 heavy (non-hydrogen) atoms. The fourth-order valence-electron chi connectivity index (χ4n) is 3.46. The molecular formula is C17H27N3O2S. The number of hydrogen-bond acceptors (Lipinski definition) is 5. The summed E-state index contributed by atoms with van der Waals surface area (Å²) in [5.41, 5.74) is 1.15. The Bertz CT molecular complexity index is 510. The normalized spacial score (nSPS) is 21.3. The van der Waals surface area contributed by atoms with Gasteiger partial charge in [-0.15, -0.1) is 0 Å². The summed E-state index contributed by atoms with van der Waals surface area (Å²) in [4.78, 5) is 18.7. The molecule has 0 aliphatic carbocycles. The average molecular weight is 337 g/mol. The van der Waals surface area contributed by atoms with E-state index in [-0.39, 0.29) is 11.7 Å². The molecule has 5 nitrogen and oxygen atoms in total. The van der Waals surface area contributed by atoms with E-state index in [0.717, 1.165) is 58.5 Å². The van der Waals surface area contributed by atoms with Crippen molar-refractivity contribution in [3.8, 4) is 0 Å². The van der Waals surface area contributed by atoms with Gasteiger partial charge in [0, 0.05) is 39.0 Å². The van der Waals surface area contributed by atoms with Crippen LogP contribution in [0.2, 0.25) is 0 Å². The number of thiophene rings is 1. The largest absolute Gasteiger partial charge is 0.441 e. The standard InChI is InChI=1S/C17H27N3O2S/c1-18(2)7-3-8-20-14-17(22-16(20)21)5-9-19(10-6-17)12-15-4-11-23-13-15/h4,11,13H,3,5-10,12,14H2,1-2H3. The lowest BCUT2D eigenvalue weighted by Gasteiger charge is -2.37. The third-order valence-corrected chi connectivity index (χ3v) is 5.56. The van der Waals surface area contributed by atoms with Gasteiger partial charge in [0.25, 0.3) is 0 Å². The highest BCUT2D eigenvalue weighted by atomic mass is 32.1. The molecule has 0 N–H and O–H groups in total. The minimum atomic E-state index is -0.236. The first kappa shape index (κ1) is 16.7. The highest BCUT2D eigenvalue weighted by molar-refractivity contribution is 7.07. The Balaban J connectivity index is 1.47. The Labute approximate surface area is 142 Å². The first-order valence-corrected chi connectivity index (χ1v) is 9.37. The van der Waals surface area contributed by atoms with E-state index < -0.39 is 0 Å². The summed E-state index contributed by atoms with van der Waals surface area (Å²) in [6.45, 7) is 5.61. The molecule has 1 amide bonds. The quantitative estimate of drug-likeness (QED) is 0.799. The molecule has 2 fully saturated rings. The van der Waals surface area contributed by atoms with Crippen molar-refractivity contribution in [1.29, 1.82) is 0 Å². The molecule has 0 saturated carbocycles. The first-order chi connectivity index (χ1) is 11.1. The van der Waals surface area contributed by atoms with Crippen LogP contribution in [0.3, 0.4) is 0 Å². The van der Waals surface area contributed by atoms with Gasteiger partial charge < -0.3 is 14.5 Å². The molecule has 0 atom stereocenters. The molecule has 0 radical (unpaired) electrons. The van der Waals surface area contributed by atoms with E-state index in [1.807, 2.05) is 4.90 Å². The molecule has 2 aliphatic rings. The van der Waals surface area contributed by atoms with E-state index in [1.165, 1.54) is 5.56 Å². The maximum atomic E-state index is 12.1. The second-order valence-corrected chi connectivity index (χ2v) is 7.82. The molecule has 2 aliphatic heterocycles. The zero-order chi connectivity index (χ0) is 16.3. The minimum Gasteiger partial charge on any atom is -0.441 e. The summed E-state index contributed by atoms with van der Waals surface area (Å²) in [7, 11) is 4.12. The van der Waals surface area contributed by atoms with Gasteiger partial charge in [0.05, 0.1) is 6.54 Å². The first-order valence-electron chi connectivity index (χ1n) is 8.42. The van der Waals surface area contributed by atoms with Crippen LogP contribution in [0.25, 0.3) is 0 Å². The summed E-state index contributed by atoms with van der Waals surface area (Å²) in [5, 5.41) is 4.34. The van der Waals surface area contributed by atoms with E-state index in [4.69, 9.17) is 4.74 Å². The third-order valence-electron chi connectivity index (χ3n) is 4.83. The molecule has 6 heteroatoms. The van der Waals surface area contributed by atoms with Gasteiger partial charge >= 0.3 is 6.09 Å². The topological polar surface area (TPSA) is 36.0 Å². The summed E-state index contributed by atoms with van der Waals surface area (Å²) < 4.78 is 5.79. The van der Waals surface area contributed by atoms with Gasteiger partial charge in [-0.25, -0.2) is 4.79 Å². The molecule has 2 saturated heterocycles. The second-order valence-electron chi connectivity index (χ2n) is 7.04. The van der Waals surface area contributed by atoms with Crippen molar-refractivity contribution < 1.29 is 9.53 Å². The van der Waals surface area contributed by atoms with E-state index in [9.17, 15) is 4.79 Å². The average Bonchev–Trinajstić information content (AvgIpc) is 3.11. The molecule has 1 spiro atoms. The van der Waals surface area contributed by atoms with Crippen molar-refractivity contribution in [1.82, 2.24) is 14.7 Å². The smallest absolute Gasteiger partial charge is 0.410 e. The van der Waals surface area contributed by atoms with Gasteiger partial charge in [-0.3, -0.25) is 4.90 Å². The van der Waals surface area contributed by atoms with Crippen LogP contribution in [-0.4, -0.2) is 73.2 Å². The number of piperidine rings is 1. The maximum Gasteiger partial charge on any atom is 0.410 e. The lowest BCUT2D eigenvalue weighted by atomic mass is 9.91. The number of likely N-dealkylation sites (tertiary alicyclic amines) is 1. The fraction of sp³-hybridized carbons (Fsp3) is 0.706. The number of rotatable bonds is 6. The molecule has 3 heterocycles. The molecule has 0 bridgehead atoms. The molecular weight excluding hydrogens is 310 g/mol. The van der Waals surface area contributed by atoms with Crippen molar-refractivity contribution in [2.45, 2.75) is 31.4 Å². The van der Waals surface area contributed by atoms with Crippen molar-refractivity contribution in [2.24, 2.45) is 0 Å². The Hall–Kier alpha value is -1.11. The molecule has 128 valence electrons.